The van der Waals surface area contributed by atoms with E-state index in [-0.39, 0.29) is 33.8 Å². The second kappa shape index (κ2) is 10.6. The molecule has 0 bridgehead atoms. The minimum Gasteiger partial charge on any atom is -0.457 e. The fourth-order valence-corrected chi connectivity index (χ4v) is 5.06. The summed E-state index contributed by atoms with van der Waals surface area (Å²) in [6.45, 7) is 10.3. The van der Waals surface area contributed by atoms with Gasteiger partial charge in [-0.25, -0.2) is 8.42 Å². The molecule has 0 aliphatic carbocycles. The van der Waals surface area contributed by atoms with Crippen molar-refractivity contribution in [3.05, 3.63) is 48.5 Å². The van der Waals surface area contributed by atoms with Gasteiger partial charge < -0.3 is 19.1 Å². The van der Waals surface area contributed by atoms with Crippen molar-refractivity contribution in [2.24, 2.45) is 0 Å². The van der Waals surface area contributed by atoms with Gasteiger partial charge in [0.2, 0.25) is 0 Å². The Hall–Kier alpha value is -2.12. The van der Waals surface area contributed by atoms with Crippen LogP contribution in [0.3, 0.4) is 0 Å². The number of benzene rings is 2. The summed E-state index contributed by atoms with van der Waals surface area (Å²) < 4.78 is 77.7. The van der Waals surface area contributed by atoms with E-state index in [0.717, 1.165) is 12.1 Å². The minimum absolute atomic E-state index is 0.0290. The number of rotatable bonds is 10. The smallest absolute Gasteiger partial charge is 0.457 e. The first-order chi connectivity index (χ1) is 15.5. The molecule has 0 spiro atoms. The summed E-state index contributed by atoms with van der Waals surface area (Å²) in [5.74, 6) is -0.219. The molecule has 0 aliphatic rings. The molecule has 12 heteroatoms. The molecule has 7 nitrogen and oxygen atoms in total. The Morgan fingerprint density at radius 3 is 1.85 bits per heavy atom. The number of sulfone groups is 1. The summed E-state index contributed by atoms with van der Waals surface area (Å²) >= 11 is 0. The molecule has 0 saturated heterocycles. The lowest BCUT2D eigenvalue weighted by atomic mass is 10.2. The van der Waals surface area contributed by atoms with E-state index in [1.54, 1.807) is 0 Å². The van der Waals surface area contributed by atoms with Crippen molar-refractivity contribution >= 4 is 18.2 Å². The molecule has 0 radical (unpaired) electrons. The number of ether oxygens (including phenoxy) is 2. The van der Waals surface area contributed by atoms with Crippen molar-refractivity contribution < 1.29 is 40.7 Å². The predicted molar refractivity (Wildman–Crippen MR) is 124 cm³/mol. The highest BCUT2D eigenvalue weighted by Crippen LogP contribution is 2.36. The maximum atomic E-state index is 12.8. The van der Waals surface area contributed by atoms with Gasteiger partial charge in [-0.2, -0.15) is 5.48 Å². The monoisotopic (exact) mass is 521 g/mol. The summed E-state index contributed by atoms with van der Waals surface area (Å²) in [6, 6.07) is 9.57. The van der Waals surface area contributed by atoms with Crippen molar-refractivity contribution in [1.29, 1.82) is 0 Å². The van der Waals surface area contributed by atoms with Crippen molar-refractivity contribution in [1.82, 2.24) is 5.48 Å². The van der Waals surface area contributed by atoms with Crippen LogP contribution in [-0.2, 0) is 14.3 Å². The fourth-order valence-electron chi connectivity index (χ4n) is 2.57. The lowest BCUT2D eigenvalue weighted by Gasteiger charge is -2.37. The average Bonchev–Trinajstić information content (AvgIpc) is 2.71. The quantitative estimate of drug-likeness (QED) is 0.314. The van der Waals surface area contributed by atoms with E-state index in [9.17, 15) is 26.8 Å². The van der Waals surface area contributed by atoms with Gasteiger partial charge in [-0.1, -0.05) is 20.8 Å². The lowest BCUT2D eigenvalue weighted by Crippen LogP contribution is -2.46. The van der Waals surface area contributed by atoms with Crippen LogP contribution in [0.4, 0.5) is 13.2 Å². The third kappa shape index (κ3) is 8.27. The summed E-state index contributed by atoms with van der Waals surface area (Å²) in [5, 5.41) is 9.39. The van der Waals surface area contributed by atoms with Crippen molar-refractivity contribution in [2.45, 2.75) is 56.2 Å². The van der Waals surface area contributed by atoms with Crippen molar-refractivity contribution in [3.63, 3.8) is 0 Å². The molecular weight excluding hydrogens is 491 g/mol. The summed E-state index contributed by atoms with van der Waals surface area (Å²) in [7, 11) is -5.88. The van der Waals surface area contributed by atoms with Crippen LogP contribution >= 0.6 is 0 Å². The van der Waals surface area contributed by atoms with Crippen LogP contribution in [-0.4, -0.2) is 46.7 Å². The van der Waals surface area contributed by atoms with Crippen LogP contribution in [0.25, 0.3) is 0 Å². The zero-order valence-electron chi connectivity index (χ0n) is 19.6. The van der Waals surface area contributed by atoms with Crippen LogP contribution in [0.1, 0.15) is 20.8 Å². The largest absolute Gasteiger partial charge is 0.573 e. The van der Waals surface area contributed by atoms with E-state index in [2.05, 4.69) is 25.5 Å². The van der Waals surface area contributed by atoms with Gasteiger partial charge in [0.25, 0.3) is 0 Å². The molecule has 0 amide bonds. The van der Waals surface area contributed by atoms with E-state index in [4.69, 9.17) is 9.16 Å². The zero-order chi connectivity index (χ0) is 25.8. The fraction of sp³-hybridized carbons (Fsp3) is 0.455. The molecule has 1 atom stereocenters. The maximum absolute atomic E-state index is 12.8. The van der Waals surface area contributed by atoms with Crippen molar-refractivity contribution in [2.75, 3.05) is 12.4 Å². The third-order valence-corrected chi connectivity index (χ3v) is 11.9. The number of hydrogen-bond donors (Lipinski definition) is 2. The number of hydrogen-bond acceptors (Lipinski definition) is 7. The Bertz CT molecular complexity index is 1040. The lowest BCUT2D eigenvalue weighted by molar-refractivity contribution is -0.274. The second-order valence-corrected chi connectivity index (χ2v) is 16.1. The zero-order valence-corrected chi connectivity index (χ0v) is 21.5. The molecule has 0 aliphatic heterocycles. The van der Waals surface area contributed by atoms with Crippen LogP contribution in [0.15, 0.2) is 53.4 Å². The number of halogens is 3. The van der Waals surface area contributed by atoms with Crippen LogP contribution in [0.5, 0.6) is 17.2 Å². The predicted octanol–water partition coefficient (Wildman–Crippen LogP) is 5.52. The van der Waals surface area contributed by atoms with E-state index in [1.807, 2.05) is 18.6 Å². The van der Waals surface area contributed by atoms with Gasteiger partial charge in [-0.3, -0.25) is 0 Å². The number of alkyl halides is 3. The van der Waals surface area contributed by atoms with Crippen molar-refractivity contribution in [3.8, 4) is 17.2 Å². The van der Waals surface area contributed by atoms with Gasteiger partial charge >= 0.3 is 6.36 Å². The molecule has 190 valence electrons. The Kier molecular flexibility index (Phi) is 8.81. The Morgan fingerprint density at radius 1 is 0.941 bits per heavy atom. The third-order valence-electron chi connectivity index (χ3n) is 5.53. The Morgan fingerprint density at radius 2 is 1.41 bits per heavy atom. The summed E-state index contributed by atoms with van der Waals surface area (Å²) in [4.78, 5) is 0.0290. The standard InChI is InChI=1S/C22H30F3NO6SSi/c1-21(2,3)34(4,5)30-14-16(26-27)15-33(28,29)20-12-10-18(11-13-20)31-17-6-8-19(9-7-17)32-22(23,24)25/h6-13,16,26-27H,14-15H2,1-5H3. The highest BCUT2D eigenvalue weighted by atomic mass is 32.2. The molecule has 2 N–H and O–H groups in total. The van der Waals surface area contributed by atoms with Gasteiger partial charge in [0, 0.05) is 0 Å². The second-order valence-electron chi connectivity index (χ2n) is 9.27. The molecule has 34 heavy (non-hydrogen) atoms. The van der Waals surface area contributed by atoms with E-state index < -0.39 is 30.6 Å². The average molecular weight is 522 g/mol. The van der Waals surface area contributed by atoms with E-state index in [0.29, 0.717) is 5.75 Å². The Labute approximate surface area is 198 Å². The van der Waals surface area contributed by atoms with Crippen LogP contribution < -0.4 is 15.0 Å². The molecule has 0 heterocycles. The number of hydroxylamine groups is 1. The van der Waals surface area contributed by atoms with Gasteiger partial charge in [0.15, 0.2) is 18.2 Å². The Balaban J connectivity index is 2.02. The molecule has 0 aromatic heterocycles. The number of nitrogens with one attached hydrogen (secondary N) is 1. The highest BCUT2D eigenvalue weighted by molar-refractivity contribution is 7.91. The van der Waals surface area contributed by atoms with E-state index >= 15 is 0 Å². The molecule has 2 aromatic rings. The summed E-state index contributed by atoms with van der Waals surface area (Å²) in [6.07, 6.45) is -4.79. The SMILES string of the molecule is CC(C)(C)[Si](C)(C)OCC(CS(=O)(=O)c1ccc(Oc2ccc(OC(F)(F)F)cc2)cc1)NO. The maximum Gasteiger partial charge on any atom is 0.573 e. The molecule has 2 rings (SSSR count). The molecule has 0 fully saturated rings. The topological polar surface area (TPSA) is 94.1 Å². The highest BCUT2D eigenvalue weighted by Gasteiger charge is 2.38. The molecule has 2 aromatic carbocycles. The normalized spacial score (nSPS) is 14.0. The molecule has 0 saturated carbocycles. The van der Waals surface area contributed by atoms with Crippen LogP contribution in [0, 0.1) is 0 Å². The van der Waals surface area contributed by atoms with Gasteiger partial charge in [0.1, 0.15) is 17.2 Å². The van der Waals surface area contributed by atoms with E-state index in [1.165, 1.54) is 36.4 Å². The molecule has 1 unspecified atom stereocenters. The minimum atomic E-state index is -4.79. The first-order valence-electron chi connectivity index (χ1n) is 10.4. The summed E-state index contributed by atoms with van der Waals surface area (Å²) in [5.41, 5.74) is 2.03. The van der Waals surface area contributed by atoms with Crippen LogP contribution in [0.2, 0.25) is 18.1 Å². The van der Waals surface area contributed by atoms with Gasteiger partial charge in [0.05, 0.1) is 23.3 Å². The molecular formula is C22H30F3NO6SSi. The van der Waals surface area contributed by atoms with Gasteiger partial charge in [-0.05, 0) is 66.7 Å². The van der Waals surface area contributed by atoms with Gasteiger partial charge in [-0.15, -0.1) is 13.2 Å². The first-order valence-corrected chi connectivity index (χ1v) is 15.0. The first kappa shape index (κ1) is 28.1.